The summed E-state index contributed by atoms with van der Waals surface area (Å²) in [5, 5.41) is 2.96. The second-order valence-corrected chi connectivity index (χ2v) is 4.89. The molecule has 0 fully saturated rings. The molecule has 0 saturated heterocycles. The lowest BCUT2D eigenvalue weighted by Crippen LogP contribution is -2.10. The van der Waals surface area contributed by atoms with Gasteiger partial charge >= 0.3 is 6.18 Å². The minimum atomic E-state index is -4.44. The number of benzene rings is 2. The Labute approximate surface area is 130 Å². The van der Waals surface area contributed by atoms with Crippen LogP contribution in [0.1, 0.15) is 11.1 Å². The largest absolute Gasteiger partial charge is 0.416 e. The fourth-order valence-corrected chi connectivity index (χ4v) is 1.83. The predicted octanol–water partition coefficient (Wildman–Crippen LogP) is 5.01. The highest BCUT2D eigenvalue weighted by atomic mass is 35.5. The number of rotatable bonds is 3. The first-order valence-corrected chi connectivity index (χ1v) is 6.64. The van der Waals surface area contributed by atoms with Crippen LogP contribution in [0.25, 0.3) is 6.08 Å². The monoisotopic (exact) mass is 325 g/mol. The van der Waals surface area contributed by atoms with E-state index >= 15 is 0 Å². The van der Waals surface area contributed by atoms with E-state index in [0.29, 0.717) is 5.02 Å². The molecule has 0 bridgehead atoms. The molecule has 2 rings (SSSR count). The molecule has 6 heteroatoms. The zero-order chi connectivity index (χ0) is 16.2. The summed E-state index contributed by atoms with van der Waals surface area (Å²) in [5.41, 5.74) is 0.0242. The summed E-state index contributed by atoms with van der Waals surface area (Å²) in [7, 11) is 0. The Morgan fingerprint density at radius 3 is 2.41 bits per heavy atom. The first-order valence-electron chi connectivity index (χ1n) is 6.26. The van der Waals surface area contributed by atoms with Gasteiger partial charge < -0.3 is 5.32 Å². The predicted molar refractivity (Wildman–Crippen MR) is 80.6 cm³/mol. The highest BCUT2D eigenvalue weighted by molar-refractivity contribution is 6.30. The van der Waals surface area contributed by atoms with Crippen molar-refractivity contribution in [2.24, 2.45) is 0 Å². The molecule has 0 heterocycles. The molecule has 2 aromatic carbocycles. The van der Waals surface area contributed by atoms with Gasteiger partial charge in [-0.3, -0.25) is 4.79 Å². The third-order valence-electron chi connectivity index (χ3n) is 2.75. The van der Waals surface area contributed by atoms with Crippen molar-refractivity contribution in [2.75, 3.05) is 5.32 Å². The van der Waals surface area contributed by atoms with Gasteiger partial charge in [0.2, 0.25) is 5.91 Å². The van der Waals surface area contributed by atoms with Gasteiger partial charge in [0.25, 0.3) is 0 Å². The lowest BCUT2D eigenvalue weighted by atomic mass is 10.2. The molecular formula is C16H11ClF3NO. The maximum atomic E-state index is 12.6. The Balaban J connectivity index is 2.04. The van der Waals surface area contributed by atoms with Crippen LogP contribution < -0.4 is 5.32 Å². The fourth-order valence-electron chi connectivity index (χ4n) is 1.70. The van der Waals surface area contributed by atoms with E-state index in [4.69, 9.17) is 11.6 Å². The number of hydrogen-bond acceptors (Lipinski definition) is 1. The molecule has 0 spiro atoms. The van der Waals surface area contributed by atoms with Crippen molar-refractivity contribution in [1.82, 2.24) is 0 Å². The average Bonchev–Trinajstić information content (AvgIpc) is 2.46. The maximum absolute atomic E-state index is 12.6. The molecule has 0 atom stereocenters. The van der Waals surface area contributed by atoms with E-state index < -0.39 is 17.6 Å². The summed E-state index contributed by atoms with van der Waals surface area (Å²) in [5.74, 6) is -0.519. The summed E-state index contributed by atoms with van der Waals surface area (Å²) in [6, 6.07) is 11.2. The molecule has 114 valence electrons. The molecule has 2 nitrogen and oxygen atoms in total. The number of alkyl halides is 3. The molecule has 0 unspecified atom stereocenters. The molecule has 0 radical (unpaired) electrons. The van der Waals surface area contributed by atoms with E-state index in [1.54, 1.807) is 30.3 Å². The van der Waals surface area contributed by atoms with Crippen LogP contribution in [0.3, 0.4) is 0 Å². The minimum absolute atomic E-state index is 0.0839. The molecule has 1 N–H and O–H groups in total. The Bertz CT molecular complexity index is 693. The SMILES string of the molecule is O=C(C=Cc1ccc(Cl)cc1)Nc1cccc(C(F)(F)F)c1. The molecule has 1 amide bonds. The number of nitrogens with one attached hydrogen (secondary N) is 1. The lowest BCUT2D eigenvalue weighted by molar-refractivity contribution is -0.137. The van der Waals surface area contributed by atoms with Crippen molar-refractivity contribution < 1.29 is 18.0 Å². The van der Waals surface area contributed by atoms with E-state index in [0.717, 1.165) is 17.7 Å². The van der Waals surface area contributed by atoms with Gasteiger partial charge in [-0.2, -0.15) is 13.2 Å². The second kappa shape index (κ2) is 6.66. The summed E-state index contributed by atoms with van der Waals surface area (Å²) in [6.07, 6.45) is -1.66. The number of amides is 1. The van der Waals surface area contributed by atoms with Crippen molar-refractivity contribution in [3.8, 4) is 0 Å². The van der Waals surface area contributed by atoms with Crippen LogP contribution in [0.2, 0.25) is 5.02 Å². The van der Waals surface area contributed by atoms with Crippen LogP contribution in [0.15, 0.2) is 54.6 Å². The Hall–Kier alpha value is -2.27. The first kappa shape index (κ1) is 16.1. The highest BCUT2D eigenvalue weighted by Gasteiger charge is 2.30. The smallest absolute Gasteiger partial charge is 0.322 e. The number of anilines is 1. The van der Waals surface area contributed by atoms with Gasteiger partial charge in [0.15, 0.2) is 0 Å². The van der Waals surface area contributed by atoms with Crippen LogP contribution in [-0.4, -0.2) is 5.91 Å². The second-order valence-electron chi connectivity index (χ2n) is 4.45. The lowest BCUT2D eigenvalue weighted by Gasteiger charge is -2.08. The van der Waals surface area contributed by atoms with Crippen LogP contribution in [0.5, 0.6) is 0 Å². The Kier molecular flexibility index (Phi) is 4.88. The molecule has 0 aliphatic rings. The number of halogens is 4. The number of carbonyl (C=O) groups is 1. The highest BCUT2D eigenvalue weighted by Crippen LogP contribution is 2.30. The van der Waals surface area contributed by atoms with E-state index in [1.807, 2.05) is 0 Å². The fraction of sp³-hybridized carbons (Fsp3) is 0.0625. The van der Waals surface area contributed by atoms with Gasteiger partial charge in [-0.15, -0.1) is 0 Å². The van der Waals surface area contributed by atoms with E-state index in [9.17, 15) is 18.0 Å². The van der Waals surface area contributed by atoms with Crippen molar-refractivity contribution in [3.63, 3.8) is 0 Å². The first-order chi connectivity index (χ1) is 10.3. The van der Waals surface area contributed by atoms with Gasteiger partial charge in [-0.25, -0.2) is 0 Å². The van der Waals surface area contributed by atoms with E-state index in [1.165, 1.54) is 18.2 Å². The molecule has 22 heavy (non-hydrogen) atoms. The Morgan fingerprint density at radius 2 is 1.77 bits per heavy atom. The molecule has 2 aromatic rings. The summed E-state index contributed by atoms with van der Waals surface area (Å²) in [6.45, 7) is 0. The van der Waals surface area contributed by atoms with Crippen LogP contribution in [-0.2, 0) is 11.0 Å². The zero-order valence-electron chi connectivity index (χ0n) is 11.2. The third-order valence-corrected chi connectivity index (χ3v) is 3.01. The molecular weight excluding hydrogens is 315 g/mol. The topological polar surface area (TPSA) is 29.1 Å². The summed E-state index contributed by atoms with van der Waals surface area (Å²) < 4.78 is 37.7. The average molecular weight is 326 g/mol. The quantitative estimate of drug-likeness (QED) is 0.790. The van der Waals surface area contributed by atoms with E-state index in [-0.39, 0.29) is 5.69 Å². The molecule has 0 aliphatic heterocycles. The van der Waals surface area contributed by atoms with Crippen LogP contribution in [0, 0.1) is 0 Å². The molecule has 0 aromatic heterocycles. The number of hydrogen-bond donors (Lipinski definition) is 1. The van der Waals surface area contributed by atoms with Gasteiger partial charge in [-0.05, 0) is 42.0 Å². The van der Waals surface area contributed by atoms with Crippen molar-refractivity contribution in [3.05, 3.63) is 70.8 Å². The van der Waals surface area contributed by atoms with Crippen molar-refractivity contribution >= 4 is 29.3 Å². The van der Waals surface area contributed by atoms with E-state index in [2.05, 4.69) is 5.32 Å². The van der Waals surface area contributed by atoms with Crippen LogP contribution in [0.4, 0.5) is 18.9 Å². The molecule has 0 saturated carbocycles. The zero-order valence-corrected chi connectivity index (χ0v) is 11.9. The molecule has 0 aliphatic carbocycles. The van der Waals surface area contributed by atoms with Gasteiger partial charge in [0, 0.05) is 16.8 Å². The van der Waals surface area contributed by atoms with Gasteiger partial charge in [0.05, 0.1) is 5.56 Å². The Morgan fingerprint density at radius 1 is 1.09 bits per heavy atom. The van der Waals surface area contributed by atoms with Crippen LogP contribution >= 0.6 is 11.6 Å². The van der Waals surface area contributed by atoms with Crippen molar-refractivity contribution in [2.45, 2.75) is 6.18 Å². The summed E-state index contributed by atoms with van der Waals surface area (Å²) >= 11 is 5.74. The van der Waals surface area contributed by atoms with Gasteiger partial charge in [-0.1, -0.05) is 29.8 Å². The third kappa shape index (κ3) is 4.63. The normalized spacial score (nSPS) is 11.6. The minimum Gasteiger partial charge on any atom is -0.322 e. The summed E-state index contributed by atoms with van der Waals surface area (Å²) in [4.78, 5) is 11.7. The van der Waals surface area contributed by atoms with Crippen molar-refractivity contribution in [1.29, 1.82) is 0 Å². The standard InChI is InChI=1S/C16H11ClF3NO/c17-13-7-4-11(5-8-13)6-9-15(22)21-14-3-1-2-12(10-14)16(18,19)20/h1-10H,(H,21,22). The maximum Gasteiger partial charge on any atom is 0.416 e. The number of carbonyl (C=O) groups excluding carboxylic acids is 1. The van der Waals surface area contributed by atoms with Gasteiger partial charge in [0.1, 0.15) is 0 Å².